The first kappa shape index (κ1) is 14.9. The summed E-state index contributed by atoms with van der Waals surface area (Å²) in [4.78, 5) is 11.0. The molecule has 3 fully saturated rings. The summed E-state index contributed by atoms with van der Waals surface area (Å²) in [5, 5.41) is 3.36. The molecule has 7 atom stereocenters. The highest BCUT2D eigenvalue weighted by molar-refractivity contribution is 5.25. The van der Waals surface area contributed by atoms with Gasteiger partial charge in [-0.05, 0) is 85.9 Å². The first-order chi connectivity index (χ1) is 10.5. The van der Waals surface area contributed by atoms with E-state index in [1.54, 1.807) is 5.57 Å². The summed E-state index contributed by atoms with van der Waals surface area (Å²) in [5.41, 5.74) is 2.56. The van der Waals surface area contributed by atoms with Crippen molar-refractivity contribution >= 4 is 0 Å². The van der Waals surface area contributed by atoms with E-state index in [9.17, 15) is 4.91 Å². The molecule has 0 saturated heterocycles. The van der Waals surface area contributed by atoms with Gasteiger partial charge >= 0.3 is 0 Å². The van der Waals surface area contributed by atoms with Crippen molar-refractivity contribution in [1.82, 2.24) is 0 Å². The maximum atomic E-state index is 11.0. The lowest BCUT2D eigenvalue weighted by Crippen LogP contribution is -2.50. The highest BCUT2D eigenvalue weighted by Crippen LogP contribution is 2.66. The molecule has 0 amide bonds. The second kappa shape index (κ2) is 4.92. The topological polar surface area (TPSA) is 29.4 Å². The number of nitroso groups, excluding NO2 is 1. The van der Waals surface area contributed by atoms with Gasteiger partial charge in [0.25, 0.3) is 0 Å². The lowest BCUT2D eigenvalue weighted by Gasteiger charge is -2.57. The normalized spacial score (nSPS) is 54.0. The van der Waals surface area contributed by atoms with E-state index in [-0.39, 0.29) is 6.04 Å². The molecule has 22 heavy (non-hydrogen) atoms. The fraction of sp³-hybridized carbons (Fsp3) is 0.900. The maximum absolute atomic E-state index is 11.0. The predicted octanol–water partition coefficient (Wildman–Crippen LogP) is 5.72. The number of allylic oxidation sites excluding steroid dienone is 1. The van der Waals surface area contributed by atoms with Crippen LogP contribution in [0.4, 0.5) is 0 Å². The monoisotopic (exact) mass is 301 g/mol. The molecule has 0 heterocycles. The van der Waals surface area contributed by atoms with Crippen LogP contribution in [-0.4, -0.2) is 6.04 Å². The van der Waals surface area contributed by atoms with Crippen molar-refractivity contribution in [3.63, 3.8) is 0 Å². The molecule has 0 aromatic heterocycles. The molecule has 0 radical (unpaired) electrons. The van der Waals surface area contributed by atoms with Gasteiger partial charge in [0.2, 0.25) is 0 Å². The van der Waals surface area contributed by atoms with E-state index in [2.05, 4.69) is 32.0 Å². The molecule has 3 saturated carbocycles. The molecule has 0 spiro atoms. The molecule has 4 aliphatic rings. The van der Waals surface area contributed by atoms with Crippen molar-refractivity contribution in [2.45, 2.75) is 78.2 Å². The fourth-order valence-electron chi connectivity index (χ4n) is 6.99. The largest absolute Gasteiger partial charge is 0.151 e. The van der Waals surface area contributed by atoms with Crippen LogP contribution in [0.25, 0.3) is 0 Å². The molecule has 0 aliphatic heterocycles. The third-order valence-electron chi connectivity index (χ3n) is 8.70. The molecule has 0 bridgehead atoms. The van der Waals surface area contributed by atoms with Crippen LogP contribution in [0.1, 0.15) is 72.1 Å². The van der Waals surface area contributed by atoms with E-state index in [1.807, 2.05) is 0 Å². The van der Waals surface area contributed by atoms with Crippen LogP contribution in [0.2, 0.25) is 0 Å². The number of fused-ring (bicyclic) bond motifs is 5. The summed E-state index contributed by atoms with van der Waals surface area (Å²) >= 11 is 0. The average molecular weight is 301 g/mol. The van der Waals surface area contributed by atoms with Crippen LogP contribution in [0.5, 0.6) is 0 Å². The van der Waals surface area contributed by atoms with E-state index in [0.29, 0.717) is 10.8 Å². The second-order valence-electron chi connectivity index (χ2n) is 9.28. The minimum atomic E-state index is 0.0521. The smallest absolute Gasteiger partial charge is 0.0957 e. The highest BCUT2D eigenvalue weighted by atomic mass is 16.3. The zero-order valence-corrected chi connectivity index (χ0v) is 14.5. The number of hydrogen-bond donors (Lipinski definition) is 0. The first-order valence-electron chi connectivity index (χ1n) is 9.51. The summed E-state index contributed by atoms with van der Waals surface area (Å²) in [6.07, 6.45) is 12.7. The summed E-state index contributed by atoms with van der Waals surface area (Å²) in [5.74, 6) is 3.62. The Kier molecular flexibility index (Phi) is 3.33. The molecule has 4 rings (SSSR count). The number of nitrogens with zero attached hydrogens (tertiary/aromatic N) is 1. The summed E-state index contributed by atoms with van der Waals surface area (Å²) < 4.78 is 0. The van der Waals surface area contributed by atoms with E-state index in [1.165, 1.54) is 38.5 Å². The molecular formula is C20H31NO. The zero-order valence-electron chi connectivity index (χ0n) is 14.5. The lowest BCUT2D eigenvalue weighted by atomic mass is 9.47. The van der Waals surface area contributed by atoms with Crippen molar-refractivity contribution in [2.24, 2.45) is 39.7 Å². The SMILES string of the molecule is CC1CCC2C3CC=C4CC(N=O)CCC4(C)C3CCC12C. The van der Waals surface area contributed by atoms with Gasteiger partial charge in [-0.3, -0.25) is 0 Å². The lowest BCUT2D eigenvalue weighted by molar-refractivity contribution is -0.0394. The van der Waals surface area contributed by atoms with Crippen molar-refractivity contribution in [3.05, 3.63) is 16.6 Å². The Morgan fingerprint density at radius 2 is 1.91 bits per heavy atom. The van der Waals surface area contributed by atoms with Gasteiger partial charge in [-0.1, -0.05) is 37.6 Å². The van der Waals surface area contributed by atoms with Gasteiger partial charge in [0, 0.05) is 0 Å². The van der Waals surface area contributed by atoms with Crippen molar-refractivity contribution in [1.29, 1.82) is 0 Å². The van der Waals surface area contributed by atoms with Gasteiger partial charge in [0.05, 0.1) is 6.04 Å². The molecule has 2 nitrogen and oxygen atoms in total. The molecule has 4 aliphatic carbocycles. The van der Waals surface area contributed by atoms with Gasteiger partial charge in [0.1, 0.15) is 0 Å². The summed E-state index contributed by atoms with van der Waals surface area (Å²) in [6, 6.07) is 0.0521. The van der Waals surface area contributed by atoms with E-state index >= 15 is 0 Å². The Bertz CT molecular complexity index is 512. The van der Waals surface area contributed by atoms with Crippen molar-refractivity contribution in [2.75, 3.05) is 0 Å². The molecule has 7 unspecified atom stereocenters. The first-order valence-corrected chi connectivity index (χ1v) is 9.51. The van der Waals surface area contributed by atoms with Gasteiger partial charge in [-0.2, -0.15) is 4.91 Å². The van der Waals surface area contributed by atoms with Gasteiger partial charge in [-0.25, -0.2) is 0 Å². The second-order valence-corrected chi connectivity index (χ2v) is 9.28. The summed E-state index contributed by atoms with van der Waals surface area (Å²) in [7, 11) is 0. The van der Waals surface area contributed by atoms with Crippen LogP contribution in [0.3, 0.4) is 0 Å². The van der Waals surface area contributed by atoms with Crippen LogP contribution in [0.15, 0.2) is 16.8 Å². The zero-order chi connectivity index (χ0) is 15.5. The third kappa shape index (κ3) is 1.85. The van der Waals surface area contributed by atoms with E-state index < -0.39 is 0 Å². The van der Waals surface area contributed by atoms with Crippen LogP contribution in [-0.2, 0) is 0 Å². The van der Waals surface area contributed by atoms with Gasteiger partial charge in [-0.15, -0.1) is 0 Å². The predicted molar refractivity (Wildman–Crippen MR) is 90.5 cm³/mol. The van der Waals surface area contributed by atoms with E-state index in [0.717, 1.165) is 36.5 Å². The Labute approximate surface area is 135 Å². The van der Waals surface area contributed by atoms with Gasteiger partial charge in [0.15, 0.2) is 0 Å². The molecular weight excluding hydrogens is 270 g/mol. The maximum Gasteiger partial charge on any atom is 0.0957 e. The number of rotatable bonds is 1. The Morgan fingerprint density at radius 1 is 1.09 bits per heavy atom. The minimum absolute atomic E-state index is 0.0521. The number of hydrogen-bond acceptors (Lipinski definition) is 2. The van der Waals surface area contributed by atoms with Crippen molar-refractivity contribution < 1.29 is 0 Å². The third-order valence-corrected chi connectivity index (χ3v) is 8.70. The fourth-order valence-corrected chi connectivity index (χ4v) is 6.99. The highest BCUT2D eigenvalue weighted by Gasteiger charge is 2.57. The molecule has 122 valence electrons. The molecule has 0 N–H and O–H groups in total. The standard InChI is InChI=1S/C20H31NO/c1-13-4-7-17-16-6-5-14-12-15(21-22)8-10-20(14,3)18(16)9-11-19(13,17)2/h5,13,15-18H,4,6-12H2,1-3H3. The van der Waals surface area contributed by atoms with E-state index in [4.69, 9.17) is 0 Å². The van der Waals surface area contributed by atoms with Crippen LogP contribution < -0.4 is 0 Å². The van der Waals surface area contributed by atoms with Crippen LogP contribution in [0, 0.1) is 39.4 Å². The molecule has 0 aromatic rings. The van der Waals surface area contributed by atoms with Crippen LogP contribution >= 0.6 is 0 Å². The van der Waals surface area contributed by atoms with Gasteiger partial charge < -0.3 is 0 Å². The Hall–Kier alpha value is -0.660. The minimum Gasteiger partial charge on any atom is -0.151 e. The summed E-state index contributed by atoms with van der Waals surface area (Å²) in [6.45, 7) is 7.59. The average Bonchev–Trinajstić information content (AvgIpc) is 2.82. The van der Waals surface area contributed by atoms with Crippen molar-refractivity contribution in [3.8, 4) is 0 Å². The Balaban J connectivity index is 1.66. The molecule has 0 aromatic carbocycles. The Morgan fingerprint density at radius 3 is 2.68 bits per heavy atom. The molecule has 2 heteroatoms. The quantitative estimate of drug-likeness (QED) is 0.450.